The van der Waals surface area contributed by atoms with Crippen molar-refractivity contribution >= 4 is 6.34 Å². The molecular weight excluding hydrogens is 246 g/mol. The van der Waals surface area contributed by atoms with Crippen LogP contribution in [-0.2, 0) is 0 Å². The molecule has 0 bridgehead atoms. The summed E-state index contributed by atoms with van der Waals surface area (Å²) in [6, 6.07) is 0. The first kappa shape index (κ1) is 17.5. The van der Waals surface area contributed by atoms with E-state index in [-0.39, 0.29) is 0 Å². The predicted octanol–water partition coefficient (Wildman–Crippen LogP) is 3.83. The first-order valence-corrected chi connectivity index (χ1v) is 8.81. The molecule has 0 amide bonds. The predicted molar refractivity (Wildman–Crippen MR) is 89.3 cm³/mol. The van der Waals surface area contributed by atoms with Crippen LogP contribution >= 0.6 is 0 Å². The Morgan fingerprint density at radius 1 is 1.05 bits per heavy atom. The van der Waals surface area contributed by atoms with Gasteiger partial charge in [-0.3, -0.25) is 4.99 Å². The van der Waals surface area contributed by atoms with Gasteiger partial charge in [-0.05, 0) is 18.9 Å². The number of rotatable bonds is 13. The van der Waals surface area contributed by atoms with E-state index >= 15 is 0 Å². The molecule has 118 valence electrons. The number of aliphatic imine (C=N–C) groups is 1. The van der Waals surface area contributed by atoms with Crippen LogP contribution in [0.25, 0.3) is 0 Å². The van der Waals surface area contributed by atoms with Crippen LogP contribution in [0.5, 0.6) is 0 Å². The zero-order valence-electron chi connectivity index (χ0n) is 13.5. The molecular formula is C17H35N3. The Hall–Kier alpha value is -0.570. The first-order chi connectivity index (χ1) is 9.86. The second kappa shape index (κ2) is 12.2. The topological polar surface area (TPSA) is 41.6 Å². The second-order valence-corrected chi connectivity index (χ2v) is 6.24. The van der Waals surface area contributed by atoms with Gasteiger partial charge in [0.05, 0.1) is 12.9 Å². The van der Waals surface area contributed by atoms with Crippen molar-refractivity contribution in [3.05, 3.63) is 0 Å². The summed E-state index contributed by atoms with van der Waals surface area (Å²) in [4.78, 5) is 6.59. The van der Waals surface area contributed by atoms with Crippen molar-refractivity contribution < 1.29 is 0 Å². The number of nitrogens with zero attached hydrogens (tertiary/aromatic N) is 2. The van der Waals surface area contributed by atoms with E-state index in [9.17, 15) is 0 Å². The van der Waals surface area contributed by atoms with Gasteiger partial charge in [-0.1, -0.05) is 64.7 Å². The molecule has 0 aromatic rings. The molecule has 1 aliphatic rings. The van der Waals surface area contributed by atoms with Crippen LogP contribution < -0.4 is 5.73 Å². The minimum absolute atomic E-state index is 0.657. The van der Waals surface area contributed by atoms with Crippen LogP contribution in [0.15, 0.2) is 4.99 Å². The largest absolute Gasteiger partial charge is 0.361 e. The van der Waals surface area contributed by atoms with Gasteiger partial charge in [-0.25, -0.2) is 0 Å². The van der Waals surface area contributed by atoms with E-state index in [1.165, 1.54) is 64.2 Å². The Kier molecular flexibility index (Phi) is 10.7. The van der Waals surface area contributed by atoms with Crippen LogP contribution in [0.3, 0.4) is 0 Å². The summed E-state index contributed by atoms with van der Waals surface area (Å²) in [6.07, 6.45) is 15.9. The zero-order chi connectivity index (χ0) is 14.5. The van der Waals surface area contributed by atoms with E-state index < -0.39 is 0 Å². The van der Waals surface area contributed by atoms with Gasteiger partial charge in [0.1, 0.15) is 0 Å². The fourth-order valence-corrected chi connectivity index (χ4v) is 2.91. The summed E-state index contributed by atoms with van der Waals surface area (Å²) in [5.41, 5.74) is 5.89. The average Bonchev–Trinajstić information content (AvgIpc) is 2.97. The quantitative estimate of drug-likeness (QED) is 0.521. The molecule has 1 unspecified atom stereocenters. The van der Waals surface area contributed by atoms with Crippen molar-refractivity contribution in [2.45, 2.75) is 71.1 Å². The highest BCUT2D eigenvalue weighted by Gasteiger charge is 2.12. The van der Waals surface area contributed by atoms with Crippen molar-refractivity contribution in [3.8, 4) is 0 Å². The van der Waals surface area contributed by atoms with Gasteiger partial charge in [0.2, 0.25) is 0 Å². The van der Waals surface area contributed by atoms with E-state index in [4.69, 9.17) is 5.73 Å². The molecule has 0 saturated heterocycles. The number of hydrogen-bond acceptors (Lipinski definition) is 3. The molecule has 1 aliphatic heterocycles. The Morgan fingerprint density at radius 3 is 2.25 bits per heavy atom. The van der Waals surface area contributed by atoms with Gasteiger partial charge in [0.15, 0.2) is 0 Å². The van der Waals surface area contributed by atoms with Crippen LogP contribution in [0.2, 0.25) is 0 Å². The van der Waals surface area contributed by atoms with Crippen LogP contribution in [0.4, 0.5) is 0 Å². The number of nitrogens with two attached hydrogens (primary N) is 1. The normalized spacial score (nSPS) is 16.0. The van der Waals surface area contributed by atoms with E-state index in [1.807, 2.05) is 6.34 Å². The maximum Gasteiger partial charge on any atom is 0.0851 e. The summed E-state index contributed by atoms with van der Waals surface area (Å²) in [5.74, 6) is 0.657. The fraction of sp³-hybridized carbons (Fsp3) is 0.941. The Bertz CT molecular complexity index is 240. The average molecular weight is 281 g/mol. The summed E-state index contributed by atoms with van der Waals surface area (Å²) < 4.78 is 0. The molecule has 1 rings (SSSR count). The SMILES string of the molecule is CCCCCCCCCCCC(CN)CN1C=NCC1. The lowest BCUT2D eigenvalue weighted by molar-refractivity contribution is 0.344. The van der Waals surface area contributed by atoms with E-state index in [2.05, 4.69) is 16.8 Å². The lowest BCUT2D eigenvalue weighted by Gasteiger charge is -2.21. The Morgan fingerprint density at radius 2 is 1.70 bits per heavy atom. The number of unbranched alkanes of at least 4 members (excludes halogenated alkanes) is 8. The molecule has 0 aromatic carbocycles. The van der Waals surface area contributed by atoms with Gasteiger partial charge >= 0.3 is 0 Å². The molecule has 2 N–H and O–H groups in total. The minimum atomic E-state index is 0.657. The number of hydrogen-bond donors (Lipinski definition) is 1. The molecule has 0 aromatic heterocycles. The molecule has 0 fully saturated rings. The van der Waals surface area contributed by atoms with Crippen molar-refractivity contribution in [2.75, 3.05) is 26.2 Å². The highest BCUT2D eigenvalue weighted by molar-refractivity contribution is 5.56. The lowest BCUT2D eigenvalue weighted by Crippen LogP contribution is -2.31. The van der Waals surface area contributed by atoms with Crippen molar-refractivity contribution in [1.82, 2.24) is 4.90 Å². The molecule has 0 aliphatic carbocycles. The van der Waals surface area contributed by atoms with Gasteiger partial charge in [-0.15, -0.1) is 0 Å². The molecule has 0 saturated carbocycles. The molecule has 20 heavy (non-hydrogen) atoms. The van der Waals surface area contributed by atoms with Crippen molar-refractivity contribution in [1.29, 1.82) is 0 Å². The molecule has 3 nitrogen and oxygen atoms in total. The molecule has 3 heteroatoms. The van der Waals surface area contributed by atoms with Gasteiger partial charge in [0, 0.05) is 13.1 Å². The van der Waals surface area contributed by atoms with Crippen molar-refractivity contribution in [2.24, 2.45) is 16.6 Å². The van der Waals surface area contributed by atoms with Gasteiger partial charge < -0.3 is 10.6 Å². The highest BCUT2D eigenvalue weighted by Crippen LogP contribution is 2.14. The fourth-order valence-electron chi connectivity index (χ4n) is 2.91. The molecule has 1 atom stereocenters. The Balaban J connectivity index is 1.89. The van der Waals surface area contributed by atoms with Crippen molar-refractivity contribution in [3.63, 3.8) is 0 Å². The monoisotopic (exact) mass is 281 g/mol. The third-order valence-electron chi connectivity index (χ3n) is 4.30. The van der Waals surface area contributed by atoms with Gasteiger partial charge in [0.25, 0.3) is 0 Å². The van der Waals surface area contributed by atoms with E-state index in [0.29, 0.717) is 5.92 Å². The Labute approximate surface area is 126 Å². The molecule has 1 heterocycles. The van der Waals surface area contributed by atoms with E-state index in [0.717, 1.165) is 26.2 Å². The van der Waals surface area contributed by atoms with E-state index in [1.54, 1.807) is 0 Å². The highest BCUT2D eigenvalue weighted by atomic mass is 15.2. The maximum absolute atomic E-state index is 5.89. The third kappa shape index (κ3) is 8.57. The zero-order valence-corrected chi connectivity index (χ0v) is 13.5. The van der Waals surface area contributed by atoms with Crippen LogP contribution in [-0.4, -0.2) is 37.4 Å². The molecule has 0 radical (unpaired) electrons. The molecule has 0 spiro atoms. The summed E-state index contributed by atoms with van der Waals surface area (Å²) >= 11 is 0. The summed E-state index contributed by atoms with van der Waals surface area (Å²) in [7, 11) is 0. The maximum atomic E-state index is 5.89. The smallest absolute Gasteiger partial charge is 0.0851 e. The second-order valence-electron chi connectivity index (χ2n) is 6.24. The van der Waals surface area contributed by atoms with Gasteiger partial charge in [-0.2, -0.15) is 0 Å². The summed E-state index contributed by atoms with van der Waals surface area (Å²) in [5, 5.41) is 0. The first-order valence-electron chi connectivity index (χ1n) is 8.81. The van der Waals surface area contributed by atoms with Crippen LogP contribution in [0.1, 0.15) is 71.1 Å². The third-order valence-corrected chi connectivity index (χ3v) is 4.30. The lowest BCUT2D eigenvalue weighted by atomic mass is 9.99. The standard InChI is InChI=1S/C17H35N3/c1-2-3-4-5-6-7-8-9-10-11-17(14-18)15-20-13-12-19-16-20/h16-17H,2-15,18H2,1H3. The minimum Gasteiger partial charge on any atom is -0.361 e. The van der Waals surface area contributed by atoms with Crippen LogP contribution in [0, 0.1) is 5.92 Å². The summed E-state index contributed by atoms with van der Waals surface area (Å²) in [6.45, 7) is 6.27.